The van der Waals surface area contributed by atoms with Gasteiger partial charge in [0.15, 0.2) is 5.78 Å². The first-order valence-electron chi connectivity index (χ1n) is 6.98. The molecule has 0 saturated carbocycles. The minimum absolute atomic E-state index is 0.0274. The first-order chi connectivity index (χ1) is 9.86. The number of ketones is 1. The Bertz CT molecular complexity index is 707. The first kappa shape index (κ1) is 15.1. The minimum atomic E-state index is -0.943. The van der Waals surface area contributed by atoms with Gasteiger partial charge in [0, 0.05) is 29.6 Å². The third kappa shape index (κ3) is 2.63. The third-order valence-electron chi connectivity index (χ3n) is 4.02. The number of carbonyl (C=O) groups excluding carboxylic acids is 1. The molecular weight excluding hydrogens is 268 g/mol. The lowest BCUT2D eigenvalue weighted by Gasteiger charge is -2.03. The van der Waals surface area contributed by atoms with Gasteiger partial charge in [-0.1, -0.05) is 6.92 Å². The van der Waals surface area contributed by atoms with Gasteiger partial charge < -0.3 is 15.1 Å². The molecule has 5 nitrogen and oxygen atoms in total. The van der Waals surface area contributed by atoms with Crippen LogP contribution in [0.25, 0.3) is 0 Å². The third-order valence-corrected chi connectivity index (χ3v) is 4.02. The molecule has 0 aromatic carbocycles. The van der Waals surface area contributed by atoms with Gasteiger partial charge in [-0.3, -0.25) is 4.79 Å². The topological polar surface area (TPSA) is 86.0 Å². The zero-order valence-corrected chi connectivity index (χ0v) is 12.8. The van der Waals surface area contributed by atoms with Crippen molar-refractivity contribution < 1.29 is 14.7 Å². The molecule has 2 rings (SSSR count). The van der Waals surface area contributed by atoms with Gasteiger partial charge in [-0.05, 0) is 43.9 Å². The van der Waals surface area contributed by atoms with Crippen LogP contribution in [0, 0.1) is 13.8 Å². The van der Waals surface area contributed by atoms with Gasteiger partial charge in [-0.15, -0.1) is 0 Å². The molecular formula is C16H20N2O3. The van der Waals surface area contributed by atoms with E-state index in [2.05, 4.69) is 9.97 Å². The molecule has 0 bridgehead atoms. The van der Waals surface area contributed by atoms with E-state index in [1.165, 1.54) is 0 Å². The normalized spacial score (nSPS) is 10.9. The van der Waals surface area contributed by atoms with Crippen molar-refractivity contribution in [1.82, 2.24) is 9.97 Å². The highest BCUT2D eigenvalue weighted by Crippen LogP contribution is 2.23. The van der Waals surface area contributed by atoms with E-state index in [1.54, 1.807) is 13.1 Å². The largest absolute Gasteiger partial charge is 0.477 e. The first-order valence-corrected chi connectivity index (χ1v) is 6.98. The molecule has 0 aliphatic carbocycles. The lowest BCUT2D eigenvalue weighted by molar-refractivity contribution is 0.0690. The Kier molecular flexibility index (Phi) is 4.02. The van der Waals surface area contributed by atoms with Crippen LogP contribution in [0.4, 0.5) is 0 Å². The quantitative estimate of drug-likeness (QED) is 0.739. The number of aromatic carboxylic acids is 1. The molecule has 0 radical (unpaired) electrons. The number of rotatable bonds is 5. The highest BCUT2D eigenvalue weighted by molar-refractivity contribution is 5.95. The van der Waals surface area contributed by atoms with Crippen LogP contribution in [-0.2, 0) is 12.8 Å². The fourth-order valence-electron chi connectivity index (χ4n) is 2.81. The van der Waals surface area contributed by atoms with Crippen molar-refractivity contribution in [2.24, 2.45) is 0 Å². The summed E-state index contributed by atoms with van der Waals surface area (Å²) in [6, 6.07) is 0. The van der Waals surface area contributed by atoms with Crippen LogP contribution in [-0.4, -0.2) is 26.8 Å². The number of nitrogens with one attached hydrogen (secondary N) is 2. The molecule has 0 atom stereocenters. The summed E-state index contributed by atoms with van der Waals surface area (Å²) in [5, 5.41) is 9.21. The van der Waals surface area contributed by atoms with E-state index >= 15 is 0 Å². The number of aromatic nitrogens is 2. The number of aromatic amines is 2. The predicted octanol–water partition coefficient (Wildman–Crippen LogP) is 3.01. The minimum Gasteiger partial charge on any atom is -0.477 e. The number of Topliss-reactive ketones (excluding diaryl/α,β-unsaturated/α-hetero) is 1. The summed E-state index contributed by atoms with van der Waals surface area (Å²) in [5.41, 5.74) is 5.51. The maximum absolute atomic E-state index is 11.5. The van der Waals surface area contributed by atoms with E-state index in [1.807, 2.05) is 20.8 Å². The molecule has 0 spiro atoms. The molecule has 0 unspecified atom stereocenters. The number of carbonyl (C=O) groups is 2. The van der Waals surface area contributed by atoms with Crippen LogP contribution in [0.1, 0.15) is 62.8 Å². The van der Waals surface area contributed by atoms with Crippen LogP contribution in [0.5, 0.6) is 0 Å². The van der Waals surface area contributed by atoms with E-state index in [0.717, 1.165) is 34.5 Å². The Morgan fingerprint density at radius 2 is 1.86 bits per heavy atom. The summed E-state index contributed by atoms with van der Waals surface area (Å²) in [7, 11) is 0. The zero-order valence-electron chi connectivity index (χ0n) is 12.8. The molecule has 2 aromatic rings. The molecule has 112 valence electrons. The fraction of sp³-hybridized carbons (Fsp3) is 0.375. The maximum atomic E-state index is 11.5. The van der Waals surface area contributed by atoms with Gasteiger partial charge in [0.2, 0.25) is 0 Å². The average Bonchev–Trinajstić information content (AvgIpc) is 2.92. The lowest BCUT2D eigenvalue weighted by Crippen LogP contribution is -1.99. The van der Waals surface area contributed by atoms with Crippen molar-refractivity contribution in [2.45, 2.75) is 40.5 Å². The number of hydrogen-bond donors (Lipinski definition) is 3. The molecule has 5 heteroatoms. The van der Waals surface area contributed by atoms with Gasteiger partial charge >= 0.3 is 5.97 Å². The van der Waals surface area contributed by atoms with Crippen molar-refractivity contribution in [3.05, 3.63) is 45.5 Å². The van der Waals surface area contributed by atoms with Crippen LogP contribution < -0.4 is 0 Å². The van der Waals surface area contributed by atoms with Crippen molar-refractivity contribution >= 4 is 11.8 Å². The smallest absolute Gasteiger partial charge is 0.352 e. The van der Waals surface area contributed by atoms with Gasteiger partial charge in [0.05, 0.1) is 0 Å². The van der Waals surface area contributed by atoms with Gasteiger partial charge in [-0.2, -0.15) is 0 Å². The standard InChI is InChI=1S/C16H20N2O3/c1-5-11-9(3)15(16(20)21)18-14(11)6-13-8(2)12(7-17-13)10(4)19/h7,17-18H,5-6H2,1-4H3,(H,20,21). The highest BCUT2D eigenvalue weighted by atomic mass is 16.4. The number of carboxylic acids is 1. The van der Waals surface area contributed by atoms with E-state index < -0.39 is 5.97 Å². The zero-order chi connectivity index (χ0) is 15.7. The number of H-pyrrole nitrogens is 2. The molecule has 0 aliphatic rings. The van der Waals surface area contributed by atoms with Crippen molar-refractivity contribution in [3.63, 3.8) is 0 Å². The molecule has 21 heavy (non-hydrogen) atoms. The van der Waals surface area contributed by atoms with Gasteiger partial charge in [0.25, 0.3) is 0 Å². The van der Waals surface area contributed by atoms with Gasteiger partial charge in [0.1, 0.15) is 5.69 Å². The second-order valence-electron chi connectivity index (χ2n) is 5.28. The van der Waals surface area contributed by atoms with E-state index in [0.29, 0.717) is 12.0 Å². The Labute approximate surface area is 123 Å². The summed E-state index contributed by atoms with van der Waals surface area (Å²) in [5.74, 6) is -0.916. The van der Waals surface area contributed by atoms with E-state index in [9.17, 15) is 14.7 Å². The molecule has 2 aromatic heterocycles. The Morgan fingerprint density at radius 1 is 1.19 bits per heavy atom. The second-order valence-corrected chi connectivity index (χ2v) is 5.28. The Morgan fingerprint density at radius 3 is 2.33 bits per heavy atom. The molecule has 0 saturated heterocycles. The predicted molar refractivity (Wildman–Crippen MR) is 80.2 cm³/mol. The summed E-state index contributed by atoms with van der Waals surface area (Å²) < 4.78 is 0. The molecule has 2 heterocycles. The van der Waals surface area contributed by atoms with E-state index in [-0.39, 0.29) is 11.5 Å². The summed E-state index contributed by atoms with van der Waals surface area (Å²) in [6.07, 6.45) is 3.05. The van der Waals surface area contributed by atoms with E-state index in [4.69, 9.17) is 0 Å². The van der Waals surface area contributed by atoms with Crippen molar-refractivity contribution in [3.8, 4) is 0 Å². The Balaban J connectivity index is 2.42. The summed E-state index contributed by atoms with van der Waals surface area (Å²) in [4.78, 5) is 28.9. The number of hydrogen-bond acceptors (Lipinski definition) is 2. The average molecular weight is 288 g/mol. The van der Waals surface area contributed by atoms with Crippen molar-refractivity contribution in [1.29, 1.82) is 0 Å². The highest BCUT2D eigenvalue weighted by Gasteiger charge is 2.19. The second kappa shape index (κ2) is 5.60. The summed E-state index contributed by atoms with van der Waals surface area (Å²) in [6.45, 7) is 7.28. The van der Waals surface area contributed by atoms with Gasteiger partial charge in [-0.25, -0.2) is 4.79 Å². The van der Waals surface area contributed by atoms with Crippen molar-refractivity contribution in [2.75, 3.05) is 0 Å². The molecule has 0 amide bonds. The molecule has 0 fully saturated rings. The SMILES string of the molecule is CCc1c(Cc2[nH]cc(C(C)=O)c2C)[nH]c(C(=O)O)c1C. The van der Waals surface area contributed by atoms with Crippen LogP contribution in [0.2, 0.25) is 0 Å². The Hall–Kier alpha value is -2.30. The molecule has 0 aliphatic heterocycles. The fourth-order valence-corrected chi connectivity index (χ4v) is 2.81. The summed E-state index contributed by atoms with van der Waals surface area (Å²) >= 11 is 0. The van der Waals surface area contributed by atoms with Crippen LogP contribution in [0.15, 0.2) is 6.20 Å². The number of carboxylic acid groups (broad SMARTS) is 1. The van der Waals surface area contributed by atoms with Crippen LogP contribution >= 0.6 is 0 Å². The monoisotopic (exact) mass is 288 g/mol. The lowest BCUT2D eigenvalue weighted by atomic mass is 10.0. The van der Waals surface area contributed by atoms with Crippen LogP contribution in [0.3, 0.4) is 0 Å². The molecule has 3 N–H and O–H groups in total. The maximum Gasteiger partial charge on any atom is 0.352 e.